The zero-order valence-corrected chi connectivity index (χ0v) is 11.4. The maximum atomic E-state index is 4.10. The Hall–Kier alpha value is -1.32. The molecule has 0 saturated heterocycles. The van der Waals surface area contributed by atoms with E-state index in [0.717, 1.165) is 18.8 Å². The van der Waals surface area contributed by atoms with E-state index in [1.165, 1.54) is 16.0 Å². The Morgan fingerprint density at radius 3 is 2.78 bits per heavy atom. The number of benzene rings is 1. The van der Waals surface area contributed by atoms with Crippen LogP contribution < -0.4 is 5.32 Å². The van der Waals surface area contributed by atoms with Crippen LogP contribution in [0.5, 0.6) is 0 Å². The molecule has 3 heteroatoms. The molecular formula is C15H18N2S. The highest BCUT2D eigenvalue weighted by molar-refractivity contribution is 7.99. The van der Waals surface area contributed by atoms with E-state index in [1.807, 2.05) is 24.2 Å². The molecule has 2 nitrogen and oxygen atoms in total. The van der Waals surface area contributed by atoms with E-state index in [9.17, 15) is 0 Å². The van der Waals surface area contributed by atoms with Gasteiger partial charge in [0.15, 0.2) is 0 Å². The second-order valence-electron chi connectivity index (χ2n) is 4.14. The molecule has 0 bridgehead atoms. The topological polar surface area (TPSA) is 24.9 Å². The monoisotopic (exact) mass is 258 g/mol. The molecule has 0 amide bonds. The standard InChI is InChI=1S/C15H18N2S/c1-13-11-16-8-7-14(13)12-17-9-10-18-15-5-3-2-4-6-15/h2-8,11,17H,9-10,12H2,1H3. The maximum Gasteiger partial charge on any atom is 0.0300 e. The highest BCUT2D eigenvalue weighted by Gasteiger charge is 1.97. The number of thioether (sulfide) groups is 1. The Bertz CT molecular complexity index is 471. The molecule has 2 aromatic rings. The lowest BCUT2D eigenvalue weighted by atomic mass is 10.1. The van der Waals surface area contributed by atoms with Gasteiger partial charge in [-0.25, -0.2) is 0 Å². The molecule has 0 saturated carbocycles. The Balaban J connectivity index is 1.66. The molecule has 0 atom stereocenters. The average Bonchev–Trinajstić information content (AvgIpc) is 2.42. The molecule has 0 radical (unpaired) electrons. The molecule has 1 aromatic heterocycles. The molecule has 2 rings (SSSR count). The first-order valence-corrected chi connectivity index (χ1v) is 7.13. The molecule has 0 aliphatic heterocycles. The Kier molecular flexibility index (Phi) is 5.24. The molecule has 1 heterocycles. The fourth-order valence-corrected chi connectivity index (χ4v) is 2.51. The van der Waals surface area contributed by atoms with Gasteiger partial charge in [0.1, 0.15) is 0 Å². The summed E-state index contributed by atoms with van der Waals surface area (Å²) in [5.41, 5.74) is 2.58. The average molecular weight is 258 g/mol. The van der Waals surface area contributed by atoms with E-state index >= 15 is 0 Å². The van der Waals surface area contributed by atoms with E-state index in [0.29, 0.717) is 0 Å². The third kappa shape index (κ3) is 4.17. The fraction of sp³-hybridized carbons (Fsp3) is 0.267. The van der Waals surface area contributed by atoms with Gasteiger partial charge in [-0.2, -0.15) is 0 Å². The van der Waals surface area contributed by atoms with Crippen molar-refractivity contribution in [2.75, 3.05) is 12.3 Å². The third-order valence-corrected chi connectivity index (χ3v) is 3.76. The highest BCUT2D eigenvalue weighted by Crippen LogP contribution is 2.15. The first-order valence-electron chi connectivity index (χ1n) is 6.14. The molecule has 1 aromatic carbocycles. The summed E-state index contributed by atoms with van der Waals surface area (Å²) in [6, 6.07) is 12.6. The van der Waals surface area contributed by atoms with E-state index in [2.05, 4.69) is 53.6 Å². The fourth-order valence-electron chi connectivity index (χ4n) is 1.68. The van der Waals surface area contributed by atoms with Crippen molar-refractivity contribution < 1.29 is 0 Å². The molecule has 0 aliphatic carbocycles. The largest absolute Gasteiger partial charge is 0.312 e. The van der Waals surface area contributed by atoms with Crippen LogP contribution in [-0.4, -0.2) is 17.3 Å². The molecule has 0 fully saturated rings. The van der Waals surface area contributed by atoms with Crippen molar-refractivity contribution in [2.24, 2.45) is 0 Å². The van der Waals surface area contributed by atoms with Crippen LogP contribution in [0.4, 0.5) is 0 Å². The van der Waals surface area contributed by atoms with E-state index in [1.54, 1.807) is 0 Å². The normalized spacial score (nSPS) is 10.5. The minimum Gasteiger partial charge on any atom is -0.312 e. The number of nitrogens with one attached hydrogen (secondary N) is 1. The minimum absolute atomic E-state index is 0.920. The lowest BCUT2D eigenvalue weighted by Crippen LogP contribution is -2.17. The molecule has 0 unspecified atom stereocenters. The quantitative estimate of drug-likeness (QED) is 0.636. The van der Waals surface area contributed by atoms with Crippen LogP contribution in [0.1, 0.15) is 11.1 Å². The molecule has 18 heavy (non-hydrogen) atoms. The van der Waals surface area contributed by atoms with Crippen molar-refractivity contribution in [1.82, 2.24) is 10.3 Å². The smallest absolute Gasteiger partial charge is 0.0300 e. The number of nitrogens with zero attached hydrogens (tertiary/aromatic N) is 1. The van der Waals surface area contributed by atoms with Crippen LogP contribution in [0, 0.1) is 6.92 Å². The van der Waals surface area contributed by atoms with Crippen LogP contribution in [0.3, 0.4) is 0 Å². The zero-order valence-electron chi connectivity index (χ0n) is 10.6. The van der Waals surface area contributed by atoms with Crippen LogP contribution in [0.2, 0.25) is 0 Å². The Labute approximate surface area is 113 Å². The summed E-state index contributed by atoms with van der Waals surface area (Å²) in [6.45, 7) is 4.04. The molecule has 0 aliphatic rings. The molecule has 94 valence electrons. The van der Waals surface area contributed by atoms with Gasteiger partial charge in [-0.3, -0.25) is 4.98 Å². The SMILES string of the molecule is Cc1cnccc1CNCCSc1ccccc1. The van der Waals surface area contributed by atoms with Crippen LogP contribution in [-0.2, 0) is 6.54 Å². The van der Waals surface area contributed by atoms with Gasteiger partial charge in [0.05, 0.1) is 0 Å². The summed E-state index contributed by atoms with van der Waals surface area (Å²) in [5, 5.41) is 3.46. The van der Waals surface area contributed by atoms with Crippen molar-refractivity contribution in [3.63, 3.8) is 0 Å². The third-order valence-electron chi connectivity index (χ3n) is 2.74. The van der Waals surface area contributed by atoms with Gasteiger partial charge in [-0.05, 0) is 36.2 Å². The van der Waals surface area contributed by atoms with Gasteiger partial charge in [-0.1, -0.05) is 18.2 Å². The van der Waals surface area contributed by atoms with Crippen molar-refractivity contribution in [1.29, 1.82) is 0 Å². The van der Waals surface area contributed by atoms with Gasteiger partial charge < -0.3 is 5.32 Å². The summed E-state index contributed by atoms with van der Waals surface area (Å²) in [4.78, 5) is 5.43. The lowest BCUT2D eigenvalue weighted by molar-refractivity contribution is 0.727. The zero-order chi connectivity index (χ0) is 12.6. The summed E-state index contributed by atoms with van der Waals surface area (Å²) < 4.78 is 0. The second-order valence-corrected chi connectivity index (χ2v) is 5.31. The number of aryl methyl sites for hydroxylation is 1. The summed E-state index contributed by atoms with van der Waals surface area (Å²) >= 11 is 1.88. The van der Waals surface area contributed by atoms with Crippen LogP contribution in [0.15, 0.2) is 53.7 Å². The Morgan fingerprint density at radius 2 is 2.00 bits per heavy atom. The predicted octanol–water partition coefficient (Wildman–Crippen LogP) is 3.27. The van der Waals surface area contributed by atoms with Gasteiger partial charge in [-0.15, -0.1) is 11.8 Å². The summed E-state index contributed by atoms with van der Waals surface area (Å²) in [6.07, 6.45) is 3.76. The Morgan fingerprint density at radius 1 is 1.17 bits per heavy atom. The van der Waals surface area contributed by atoms with Crippen molar-refractivity contribution in [3.8, 4) is 0 Å². The highest BCUT2D eigenvalue weighted by atomic mass is 32.2. The predicted molar refractivity (Wildman–Crippen MR) is 77.8 cm³/mol. The lowest BCUT2D eigenvalue weighted by Gasteiger charge is -2.07. The van der Waals surface area contributed by atoms with E-state index < -0.39 is 0 Å². The first kappa shape index (κ1) is 13.1. The van der Waals surface area contributed by atoms with Gasteiger partial charge in [0, 0.05) is 36.1 Å². The van der Waals surface area contributed by atoms with E-state index in [4.69, 9.17) is 0 Å². The van der Waals surface area contributed by atoms with Gasteiger partial charge in [0.2, 0.25) is 0 Å². The summed E-state index contributed by atoms with van der Waals surface area (Å²) in [7, 11) is 0. The van der Waals surface area contributed by atoms with Crippen LogP contribution >= 0.6 is 11.8 Å². The first-order chi connectivity index (χ1) is 8.86. The second kappa shape index (κ2) is 7.19. The summed E-state index contributed by atoms with van der Waals surface area (Å²) in [5.74, 6) is 1.09. The van der Waals surface area contributed by atoms with Crippen molar-refractivity contribution in [2.45, 2.75) is 18.4 Å². The maximum absolute atomic E-state index is 4.10. The number of rotatable bonds is 6. The van der Waals surface area contributed by atoms with Crippen molar-refractivity contribution in [3.05, 3.63) is 59.9 Å². The molecule has 0 spiro atoms. The van der Waals surface area contributed by atoms with Gasteiger partial charge >= 0.3 is 0 Å². The number of hydrogen-bond acceptors (Lipinski definition) is 3. The number of hydrogen-bond donors (Lipinski definition) is 1. The van der Waals surface area contributed by atoms with Crippen LogP contribution in [0.25, 0.3) is 0 Å². The number of aromatic nitrogens is 1. The van der Waals surface area contributed by atoms with Crippen molar-refractivity contribution >= 4 is 11.8 Å². The molecule has 1 N–H and O–H groups in total. The molecular weight excluding hydrogens is 240 g/mol. The van der Waals surface area contributed by atoms with E-state index in [-0.39, 0.29) is 0 Å². The number of pyridine rings is 1. The minimum atomic E-state index is 0.920. The van der Waals surface area contributed by atoms with Gasteiger partial charge in [0.25, 0.3) is 0 Å².